The van der Waals surface area contributed by atoms with Crippen LogP contribution in [0.3, 0.4) is 0 Å². The van der Waals surface area contributed by atoms with Gasteiger partial charge in [-0.3, -0.25) is 4.90 Å². The fraction of sp³-hybridized carbons (Fsp3) is 1.00. The van der Waals surface area contributed by atoms with Crippen LogP contribution in [0.4, 0.5) is 0 Å². The van der Waals surface area contributed by atoms with Crippen LogP contribution in [-0.2, 0) is 0 Å². The van der Waals surface area contributed by atoms with Crippen molar-refractivity contribution in [3.8, 4) is 0 Å². The Hall–Kier alpha value is -0.200. The molecule has 0 heterocycles. The molecule has 0 aliphatic heterocycles. The van der Waals surface area contributed by atoms with Gasteiger partial charge >= 0.3 is 0 Å². The molecule has 1 unspecified atom stereocenters. The molecule has 5 nitrogen and oxygen atoms in total. The lowest BCUT2D eigenvalue weighted by Crippen LogP contribution is -2.34. The number of nitrogens with zero attached hydrogens (tertiary/aromatic N) is 3. The molecule has 24 heavy (non-hydrogen) atoms. The van der Waals surface area contributed by atoms with E-state index in [1.807, 2.05) is 0 Å². The Morgan fingerprint density at radius 1 is 0.750 bits per heavy atom. The first-order valence-electron chi connectivity index (χ1n) is 9.64. The zero-order chi connectivity index (χ0) is 18.8. The van der Waals surface area contributed by atoms with Gasteiger partial charge in [-0.05, 0) is 60.0 Å². The summed E-state index contributed by atoms with van der Waals surface area (Å²) < 4.78 is 0. The van der Waals surface area contributed by atoms with E-state index in [4.69, 9.17) is 10.2 Å². The topological polar surface area (TPSA) is 50.2 Å². The van der Waals surface area contributed by atoms with Crippen molar-refractivity contribution in [3.63, 3.8) is 0 Å². The molecule has 0 fully saturated rings. The van der Waals surface area contributed by atoms with Crippen molar-refractivity contribution >= 4 is 0 Å². The number of hydrogen-bond donors (Lipinski definition) is 2. The molecule has 5 heteroatoms. The van der Waals surface area contributed by atoms with Gasteiger partial charge in [0.2, 0.25) is 0 Å². The van der Waals surface area contributed by atoms with Gasteiger partial charge in [0, 0.05) is 19.6 Å². The Kier molecular flexibility index (Phi) is 20.7. The summed E-state index contributed by atoms with van der Waals surface area (Å²) in [5.41, 5.74) is 0. The summed E-state index contributed by atoms with van der Waals surface area (Å²) in [6, 6.07) is 0. The summed E-state index contributed by atoms with van der Waals surface area (Å²) >= 11 is 0. The molecule has 148 valence electrons. The second-order valence-electron chi connectivity index (χ2n) is 7.12. The van der Waals surface area contributed by atoms with Gasteiger partial charge in [-0.25, -0.2) is 0 Å². The van der Waals surface area contributed by atoms with Crippen LogP contribution in [0.1, 0.15) is 46.0 Å². The molecule has 0 rings (SSSR count). The average Bonchev–Trinajstić information content (AvgIpc) is 2.51. The Morgan fingerprint density at radius 2 is 1.25 bits per heavy atom. The lowest BCUT2D eigenvalue weighted by Gasteiger charge is -2.25. The summed E-state index contributed by atoms with van der Waals surface area (Å²) in [5, 5.41) is 17.8. The predicted octanol–water partition coefficient (Wildman–Crippen LogP) is 1.99. The summed E-state index contributed by atoms with van der Waals surface area (Å²) in [7, 11) is 8.43. The highest BCUT2D eigenvalue weighted by Gasteiger charge is 2.11. The Balaban J connectivity index is 0. The fourth-order valence-electron chi connectivity index (χ4n) is 2.56. The number of aliphatic hydroxyl groups is 2. The minimum atomic E-state index is 0.185. The largest absolute Gasteiger partial charge is 0.395 e. The molecule has 0 radical (unpaired) electrons. The molecule has 0 saturated heterocycles. The lowest BCUT2D eigenvalue weighted by atomic mass is 9.99. The van der Waals surface area contributed by atoms with Crippen LogP contribution >= 0.6 is 0 Å². The van der Waals surface area contributed by atoms with Gasteiger partial charge in [-0.15, -0.1) is 0 Å². The molecule has 2 N–H and O–H groups in total. The van der Waals surface area contributed by atoms with Crippen LogP contribution < -0.4 is 0 Å². The molecule has 0 saturated carbocycles. The van der Waals surface area contributed by atoms with Gasteiger partial charge in [0.15, 0.2) is 0 Å². The van der Waals surface area contributed by atoms with Gasteiger partial charge in [0.05, 0.1) is 13.2 Å². The van der Waals surface area contributed by atoms with Gasteiger partial charge in [0.1, 0.15) is 0 Å². The van der Waals surface area contributed by atoms with Gasteiger partial charge in [-0.2, -0.15) is 0 Å². The molecular weight excluding hydrogens is 302 g/mol. The van der Waals surface area contributed by atoms with E-state index in [9.17, 15) is 0 Å². The monoisotopic (exact) mass is 347 g/mol. The summed E-state index contributed by atoms with van der Waals surface area (Å²) in [6.07, 6.45) is 6.24. The second kappa shape index (κ2) is 19.1. The van der Waals surface area contributed by atoms with Crippen LogP contribution in [-0.4, -0.2) is 99.0 Å². The molecule has 0 amide bonds. The zero-order valence-corrected chi connectivity index (χ0v) is 17.3. The standard InChI is InChI=1S/C12H27NO2.C7H18N2/c1-3-5-6-12(4-2)11-13(7-9-14)8-10-15;1-8(2)6-5-7-9(3)4/h12,14-15H,3-11H2,1-2H3;5-7H2,1-4H3. The molecule has 0 bridgehead atoms. The van der Waals surface area contributed by atoms with Crippen molar-refractivity contribution in [1.82, 2.24) is 14.7 Å². The summed E-state index contributed by atoms with van der Waals surface area (Å²) in [6.45, 7) is 9.57. The van der Waals surface area contributed by atoms with E-state index in [1.165, 1.54) is 45.2 Å². The van der Waals surface area contributed by atoms with E-state index < -0.39 is 0 Å². The first-order valence-corrected chi connectivity index (χ1v) is 9.64. The first-order chi connectivity index (χ1) is 11.4. The molecule has 0 aliphatic rings. The average molecular weight is 348 g/mol. The lowest BCUT2D eigenvalue weighted by molar-refractivity contribution is 0.140. The van der Waals surface area contributed by atoms with Crippen molar-refractivity contribution in [2.24, 2.45) is 5.92 Å². The van der Waals surface area contributed by atoms with E-state index in [1.54, 1.807) is 0 Å². The normalized spacial score (nSPS) is 12.6. The highest BCUT2D eigenvalue weighted by molar-refractivity contribution is 4.65. The van der Waals surface area contributed by atoms with Crippen LogP contribution in [0, 0.1) is 5.92 Å². The molecular formula is C19H45N3O2. The van der Waals surface area contributed by atoms with E-state index in [2.05, 4.69) is 56.7 Å². The molecule has 0 aromatic carbocycles. The van der Waals surface area contributed by atoms with Crippen LogP contribution in [0.2, 0.25) is 0 Å². The quantitative estimate of drug-likeness (QED) is 0.503. The van der Waals surface area contributed by atoms with Crippen LogP contribution in [0.5, 0.6) is 0 Å². The van der Waals surface area contributed by atoms with Crippen molar-refractivity contribution in [1.29, 1.82) is 0 Å². The summed E-state index contributed by atoms with van der Waals surface area (Å²) in [5.74, 6) is 0.711. The zero-order valence-electron chi connectivity index (χ0n) is 17.3. The Labute approximate surface area is 151 Å². The highest BCUT2D eigenvalue weighted by atomic mass is 16.3. The van der Waals surface area contributed by atoms with Gasteiger partial charge < -0.3 is 20.0 Å². The van der Waals surface area contributed by atoms with E-state index in [0.717, 1.165) is 6.54 Å². The van der Waals surface area contributed by atoms with E-state index >= 15 is 0 Å². The number of hydrogen-bond acceptors (Lipinski definition) is 5. The number of aliphatic hydroxyl groups excluding tert-OH is 2. The fourth-order valence-corrected chi connectivity index (χ4v) is 2.56. The van der Waals surface area contributed by atoms with Gasteiger partial charge in [-0.1, -0.05) is 33.1 Å². The van der Waals surface area contributed by atoms with Crippen LogP contribution in [0.25, 0.3) is 0 Å². The van der Waals surface area contributed by atoms with E-state index in [-0.39, 0.29) is 13.2 Å². The maximum atomic E-state index is 8.90. The maximum Gasteiger partial charge on any atom is 0.0558 e. The highest BCUT2D eigenvalue weighted by Crippen LogP contribution is 2.13. The minimum Gasteiger partial charge on any atom is -0.395 e. The van der Waals surface area contributed by atoms with Crippen molar-refractivity contribution < 1.29 is 10.2 Å². The predicted molar refractivity (Wildman–Crippen MR) is 106 cm³/mol. The Bertz CT molecular complexity index is 225. The van der Waals surface area contributed by atoms with Crippen LogP contribution in [0.15, 0.2) is 0 Å². The number of unbranched alkanes of at least 4 members (excludes halogenated alkanes) is 1. The Morgan fingerprint density at radius 3 is 1.58 bits per heavy atom. The smallest absolute Gasteiger partial charge is 0.0558 e. The second-order valence-corrected chi connectivity index (χ2v) is 7.12. The third-order valence-electron chi connectivity index (χ3n) is 4.10. The maximum absolute atomic E-state index is 8.90. The molecule has 1 atom stereocenters. The molecule has 0 aromatic heterocycles. The van der Waals surface area contributed by atoms with Crippen molar-refractivity contribution in [3.05, 3.63) is 0 Å². The van der Waals surface area contributed by atoms with Crippen molar-refractivity contribution in [2.75, 3.05) is 74.1 Å². The first kappa shape index (κ1) is 26.0. The number of rotatable bonds is 14. The molecule has 0 spiro atoms. The van der Waals surface area contributed by atoms with Gasteiger partial charge in [0.25, 0.3) is 0 Å². The molecule has 0 aliphatic carbocycles. The minimum absolute atomic E-state index is 0.185. The summed E-state index contributed by atoms with van der Waals surface area (Å²) in [4.78, 5) is 6.58. The molecule has 0 aromatic rings. The third-order valence-corrected chi connectivity index (χ3v) is 4.10. The SMILES string of the molecule is CCCCC(CC)CN(CCO)CCO.CN(C)CCCN(C)C. The van der Waals surface area contributed by atoms with Crippen molar-refractivity contribution in [2.45, 2.75) is 46.0 Å². The third kappa shape index (κ3) is 19.8. The van der Waals surface area contributed by atoms with E-state index in [0.29, 0.717) is 19.0 Å².